The molecule has 0 aromatic rings. The van der Waals surface area contributed by atoms with Crippen LogP contribution >= 0.6 is 0 Å². The summed E-state index contributed by atoms with van der Waals surface area (Å²) in [4.78, 5) is 26.1. The first-order valence-electron chi connectivity index (χ1n) is 7.32. The molecule has 1 amide bonds. The number of rotatable bonds is 3. The van der Waals surface area contributed by atoms with E-state index in [0.29, 0.717) is 13.2 Å². The van der Waals surface area contributed by atoms with Crippen molar-refractivity contribution in [3.8, 4) is 0 Å². The van der Waals surface area contributed by atoms with Gasteiger partial charge in [-0.15, -0.1) is 0 Å². The van der Waals surface area contributed by atoms with Gasteiger partial charge in [0.05, 0.1) is 18.4 Å². The summed E-state index contributed by atoms with van der Waals surface area (Å²) in [6.45, 7) is 6.50. The van der Waals surface area contributed by atoms with Crippen molar-refractivity contribution >= 4 is 11.9 Å². The quantitative estimate of drug-likeness (QED) is 0.769. The smallest absolute Gasteiger partial charge is 0.310 e. The number of nitrogens with zero attached hydrogens (tertiary/aromatic N) is 1. The summed E-state index contributed by atoms with van der Waals surface area (Å²) in [7, 11) is 0. The lowest BCUT2D eigenvalue weighted by Gasteiger charge is -2.34. The summed E-state index contributed by atoms with van der Waals surface area (Å²) in [6, 6.07) is 0.246. The molecule has 0 aliphatic carbocycles. The largest absolute Gasteiger partial charge is 0.466 e. The molecule has 5 heteroatoms. The van der Waals surface area contributed by atoms with Gasteiger partial charge in [-0.05, 0) is 39.7 Å². The van der Waals surface area contributed by atoms with E-state index in [1.807, 2.05) is 11.8 Å². The molecule has 2 saturated heterocycles. The fourth-order valence-corrected chi connectivity index (χ4v) is 3.06. The second-order valence-corrected chi connectivity index (χ2v) is 5.51. The zero-order chi connectivity index (χ0) is 13.8. The van der Waals surface area contributed by atoms with Crippen LogP contribution in [0.25, 0.3) is 0 Å². The molecule has 3 unspecified atom stereocenters. The number of carbonyl (C=O) groups excluding carboxylic acids is 2. The zero-order valence-corrected chi connectivity index (χ0v) is 11.9. The van der Waals surface area contributed by atoms with E-state index in [2.05, 4.69) is 12.2 Å². The fourth-order valence-electron chi connectivity index (χ4n) is 3.06. The molecule has 0 saturated carbocycles. The van der Waals surface area contributed by atoms with Crippen molar-refractivity contribution in [2.75, 3.05) is 26.2 Å². The van der Waals surface area contributed by atoms with E-state index in [4.69, 9.17) is 4.74 Å². The predicted molar refractivity (Wildman–Crippen MR) is 71.5 cm³/mol. The normalized spacial score (nSPS) is 31.3. The highest BCUT2D eigenvalue weighted by Crippen LogP contribution is 2.23. The van der Waals surface area contributed by atoms with Crippen LogP contribution < -0.4 is 5.32 Å². The van der Waals surface area contributed by atoms with Gasteiger partial charge >= 0.3 is 5.97 Å². The van der Waals surface area contributed by atoms with Crippen molar-refractivity contribution < 1.29 is 14.3 Å². The standard InChI is InChI=1S/C14H24N2O3/c1-3-19-14(18)11-5-4-8-16(9-11)13(17)12-6-7-15-10(12)2/h10-12,15H,3-9H2,1-2H3. The minimum absolute atomic E-state index is 0.0703. The molecular formula is C14H24N2O3. The van der Waals surface area contributed by atoms with Crippen molar-refractivity contribution in [3.63, 3.8) is 0 Å². The lowest BCUT2D eigenvalue weighted by atomic mass is 9.94. The van der Waals surface area contributed by atoms with Crippen molar-refractivity contribution in [1.82, 2.24) is 10.2 Å². The monoisotopic (exact) mass is 268 g/mol. The Morgan fingerprint density at radius 2 is 2.16 bits per heavy atom. The Balaban J connectivity index is 1.93. The number of hydrogen-bond donors (Lipinski definition) is 1. The van der Waals surface area contributed by atoms with Crippen LogP contribution in [0.1, 0.15) is 33.1 Å². The summed E-state index contributed by atoms with van der Waals surface area (Å²) >= 11 is 0. The van der Waals surface area contributed by atoms with Gasteiger partial charge in [-0.3, -0.25) is 9.59 Å². The van der Waals surface area contributed by atoms with Crippen LogP contribution in [0.2, 0.25) is 0 Å². The van der Waals surface area contributed by atoms with E-state index in [1.54, 1.807) is 0 Å². The number of carbonyl (C=O) groups is 2. The first-order valence-corrected chi connectivity index (χ1v) is 7.32. The van der Waals surface area contributed by atoms with Crippen LogP contribution in [-0.4, -0.2) is 49.1 Å². The number of nitrogens with one attached hydrogen (secondary N) is 1. The minimum atomic E-state index is -0.155. The number of piperidine rings is 1. The van der Waals surface area contributed by atoms with Gasteiger partial charge in [0.1, 0.15) is 0 Å². The van der Waals surface area contributed by atoms with Crippen LogP contribution in [0.4, 0.5) is 0 Å². The topological polar surface area (TPSA) is 58.6 Å². The molecule has 0 radical (unpaired) electrons. The van der Waals surface area contributed by atoms with E-state index in [9.17, 15) is 9.59 Å². The van der Waals surface area contributed by atoms with Crippen molar-refractivity contribution in [1.29, 1.82) is 0 Å². The third-order valence-corrected chi connectivity index (χ3v) is 4.20. The molecule has 5 nitrogen and oxygen atoms in total. The zero-order valence-electron chi connectivity index (χ0n) is 11.9. The number of likely N-dealkylation sites (tertiary alicyclic amines) is 1. The fraction of sp³-hybridized carbons (Fsp3) is 0.857. The highest BCUT2D eigenvalue weighted by atomic mass is 16.5. The number of amides is 1. The van der Waals surface area contributed by atoms with Gasteiger partial charge in [-0.1, -0.05) is 0 Å². The molecule has 0 spiro atoms. The van der Waals surface area contributed by atoms with Crippen molar-refractivity contribution in [2.45, 2.75) is 39.2 Å². The molecule has 19 heavy (non-hydrogen) atoms. The van der Waals surface area contributed by atoms with E-state index < -0.39 is 0 Å². The Labute approximate surface area is 114 Å². The van der Waals surface area contributed by atoms with Gasteiger partial charge < -0.3 is 15.0 Å². The molecule has 0 aromatic carbocycles. The van der Waals surface area contributed by atoms with Gasteiger partial charge in [0.25, 0.3) is 0 Å². The third-order valence-electron chi connectivity index (χ3n) is 4.20. The maximum Gasteiger partial charge on any atom is 0.310 e. The molecule has 2 aliphatic rings. The van der Waals surface area contributed by atoms with E-state index in [0.717, 1.165) is 32.4 Å². The lowest BCUT2D eigenvalue weighted by molar-refractivity contribution is -0.152. The molecule has 2 heterocycles. The van der Waals surface area contributed by atoms with Gasteiger partial charge in [-0.25, -0.2) is 0 Å². The Morgan fingerprint density at radius 3 is 2.79 bits per heavy atom. The molecule has 0 bridgehead atoms. The maximum atomic E-state index is 12.5. The third kappa shape index (κ3) is 3.26. The van der Waals surface area contributed by atoms with Crippen LogP contribution in [0.5, 0.6) is 0 Å². The number of ether oxygens (including phenoxy) is 1. The summed E-state index contributed by atoms with van der Waals surface area (Å²) in [5.74, 6) is -0.0210. The summed E-state index contributed by atoms with van der Waals surface area (Å²) in [5, 5.41) is 3.30. The summed E-state index contributed by atoms with van der Waals surface area (Å²) in [6.07, 6.45) is 2.63. The molecule has 2 rings (SSSR count). The van der Waals surface area contributed by atoms with E-state index >= 15 is 0 Å². The molecular weight excluding hydrogens is 244 g/mol. The molecule has 2 aliphatic heterocycles. The Kier molecular flexibility index (Phi) is 4.80. The van der Waals surface area contributed by atoms with E-state index in [1.165, 1.54) is 0 Å². The number of esters is 1. The molecule has 3 atom stereocenters. The average Bonchev–Trinajstić information content (AvgIpc) is 2.84. The van der Waals surface area contributed by atoms with Crippen molar-refractivity contribution in [3.05, 3.63) is 0 Å². The summed E-state index contributed by atoms with van der Waals surface area (Å²) < 4.78 is 5.07. The van der Waals surface area contributed by atoms with Crippen LogP contribution in [0.3, 0.4) is 0 Å². The first kappa shape index (κ1) is 14.3. The maximum absolute atomic E-state index is 12.5. The lowest BCUT2D eigenvalue weighted by Crippen LogP contribution is -2.47. The Morgan fingerprint density at radius 1 is 1.37 bits per heavy atom. The highest BCUT2D eigenvalue weighted by molar-refractivity contribution is 5.81. The van der Waals surface area contributed by atoms with E-state index in [-0.39, 0.29) is 29.8 Å². The second-order valence-electron chi connectivity index (χ2n) is 5.51. The molecule has 108 valence electrons. The van der Waals surface area contributed by atoms with Gasteiger partial charge in [0.15, 0.2) is 0 Å². The van der Waals surface area contributed by atoms with Crippen molar-refractivity contribution in [2.24, 2.45) is 11.8 Å². The molecule has 0 aromatic heterocycles. The minimum Gasteiger partial charge on any atom is -0.466 e. The predicted octanol–water partition coefficient (Wildman–Crippen LogP) is 0.786. The second kappa shape index (κ2) is 6.37. The summed E-state index contributed by atoms with van der Waals surface area (Å²) in [5.41, 5.74) is 0. The van der Waals surface area contributed by atoms with Crippen LogP contribution in [0, 0.1) is 11.8 Å². The van der Waals surface area contributed by atoms with Crippen LogP contribution in [-0.2, 0) is 14.3 Å². The van der Waals surface area contributed by atoms with Gasteiger partial charge in [0.2, 0.25) is 5.91 Å². The SMILES string of the molecule is CCOC(=O)C1CCCN(C(=O)C2CCNC2C)C1. The highest BCUT2D eigenvalue weighted by Gasteiger charge is 2.36. The van der Waals surface area contributed by atoms with Gasteiger partial charge in [-0.2, -0.15) is 0 Å². The molecule has 1 N–H and O–H groups in total. The van der Waals surface area contributed by atoms with Crippen LogP contribution in [0.15, 0.2) is 0 Å². The average molecular weight is 268 g/mol. The molecule has 2 fully saturated rings. The van der Waals surface area contributed by atoms with Gasteiger partial charge in [0, 0.05) is 19.1 Å². The Hall–Kier alpha value is -1.10. The number of hydrogen-bond acceptors (Lipinski definition) is 4. The first-order chi connectivity index (χ1) is 9.13. The Bertz CT molecular complexity index is 346.